The van der Waals surface area contributed by atoms with Crippen LogP contribution in [0.1, 0.15) is 51.4 Å². The molecule has 4 unspecified atom stereocenters. The first kappa shape index (κ1) is 12.2. The van der Waals surface area contributed by atoms with E-state index in [4.69, 9.17) is 5.73 Å². The summed E-state index contributed by atoms with van der Waals surface area (Å²) < 4.78 is 0. The zero-order valence-electron chi connectivity index (χ0n) is 11.8. The first-order valence-electron chi connectivity index (χ1n) is 8.25. The number of carbonyl (C=O) groups excluding carboxylic acids is 1. The normalized spacial score (nSPS) is 48.6. The molecular weight excluding hydrogens is 236 g/mol. The molecule has 3 nitrogen and oxygen atoms in total. The van der Waals surface area contributed by atoms with Crippen LogP contribution >= 0.6 is 0 Å². The van der Waals surface area contributed by atoms with E-state index < -0.39 is 0 Å². The average Bonchev–Trinajstić information content (AvgIpc) is 2.71. The molecule has 2 aliphatic heterocycles. The lowest BCUT2D eigenvalue weighted by Gasteiger charge is -2.39. The molecule has 4 atom stereocenters. The number of nitrogens with zero attached hydrogens (tertiary/aromatic N) is 1. The minimum atomic E-state index is 0.241. The predicted molar refractivity (Wildman–Crippen MR) is 74.4 cm³/mol. The first-order chi connectivity index (χ1) is 9.19. The second-order valence-corrected chi connectivity index (χ2v) is 7.69. The monoisotopic (exact) mass is 262 g/mol. The number of nitrogens with two attached hydrogens (primary N) is 1. The molecule has 0 aromatic carbocycles. The van der Waals surface area contributed by atoms with E-state index in [-0.39, 0.29) is 12.0 Å². The van der Waals surface area contributed by atoms with Crippen molar-refractivity contribution in [3.63, 3.8) is 0 Å². The molecule has 1 amide bonds. The van der Waals surface area contributed by atoms with Crippen LogP contribution in [0.3, 0.4) is 0 Å². The Morgan fingerprint density at radius 2 is 1.58 bits per heavy atom. The van der Waals surface area contributed by atoms with Crippen molar-refractivity contribution in [3.05, 3.63) is 0 Å². The summed E-state index contributed by atoms with van der Waals surface area (Å²) in [5, 5.41) is 0. The molecule has 4 bridgehead atoms. The molecule has 0 spiro atoms. The molecule has 106 valence electrons. The quantitative estimate of drug-likeness (QED) is 0.787. The van der Waals surface area contributed by atoms with Gasteiger partial charge in [0.25, 0.3) is 0 Å². The molecule has 3 aliphatic carbocycles. The molecule has 2 heterocycles. The van der Waals surface area contributed by atoms with Gasteiger partial charge in [0.15, 0.2) is 0 Å². The fourth-order valence-corrected chi connectivity index (χ4v) is 5.53. The number of fused-ring (bicyclic) bond motifs is 1. The summed E-state index contributed by atoms with van der Waals surface area (Å²) in [5.41, 5.74) is 5.99. The van der Waals surface area contributed by atoms with E-state index in [1.54, 1.807) is 0 Å². The van der Waals surface area contributed by atoms with Gasteiger partial charge in [-0.25, -0.2) is 0 Å². The number of hydrogen-bond acceptors (Lipinski definition) is 2. The van der Waals surface area contributed by atoms with Crippen LogP contribution in [0.5, 0.6) is 0 Å². The highest BCUT2D eigenvalue weighted by Crippen LogP contribution is 2.48. The summed E-state index contributed by atoms with van der Waals surface area (Å²) >= 11 is 0. The van der Waals surface area contributed by atoms with Crippen LogP contribution in [0.15, 0.2) is 0 Å². The Balaban J connectivity index is 1.53. The van der Waals surface area contributed by atoms with E-state index in [2.05, 4.69) is 4.90 Å². The van der Waals surface area contributed by atoms with Crippen LogP contribution in [0.25, 0.3) is 0 Å². The van der Waals surface area contributed by atoms with Gasteiger partial charge in [-0.15, -0.1) is 0 Å². The van der Waals surface area contributed by atoms with E-state index in [1.807, 2.05) is 0 Å². The third-order valence-corrected chi connectivity index (χ3v) is 6.21. The highest BCUT2D eigenvalue weighted by atomic mass is 16.2. The Bertz CT molecular complexity index is 369. The summed E-state index contributed by atoms with van der Waals surface area (Å²) in [6, 6.07) is 0.842. The smallest absolute Gasteiger partial charge is 0.225 e. The number of amides is 1. The van der Waals surface area contributed by atoms with Crippen molar-refractivity contribution in [1.29, 1.82) is 0 Å². The maximum Gasteiger partial charge on any atom is 0.225 e. The molecule has 0 aromatic rings. The van der Waals surface area contributed by atoms with Gasteiger partial charge >= 0.3 is 0 Å². The van der Waals surface area contributed by atoms with Crippen molar-refractivity contribution >= 4 is 5.91 Å². The molecule has 5 aliphatic rings. The van der Waals surface area contributed by atoms with Crippen molar-refractivity contribution < 1.29 is 4.79 Å². The van der Waals surface area contributed by atoms with E-state index in [9.17, 15) is 4.79 Å². The number of carbonyl (C=O) groups is 1. The van der Waals surface area contributed by atoms with Gasteiger partial charge in [-0.1, -0.05) is 0 Å². The van der Waals surface area contributed by atoms with E-state index in [0.29, 0.717) is 11.9 Å². The van der Waals surface area contributed by atoms with E-state index in [0.717, 1.165) is 43.6 Å². The van der Waals surface area contributed by atoms with Crippen LogP contribution in [0, 0.1) is 23.7 Å². The zero-order chi connectivity index (χ0) is 13.0. The minimum Gasteiger partial charge on any atom is -0.339 e. The fraction of sp³-hybridized carbons (Fsp3) is 0.938. The van der Waals surface area contributed by atoms with Crippen LogP contribution < -0.4 is 5.73 Å². The summed E-state index contributed by atoms with van der Waals surface area (Å²) in [7, 11) is 0. The predicted octanol–water partition coefficient (Wildman–Crippen LogP) is 2.15. The van der Waals surface area contributed by atoms with Crippen molar-refractivity contribution in [1.82, 2.24) is 4.90 Å². The first-order valence-corrected chi connectivity index (χ1v) is 8.25. The average molecular weight is 262 g/mol. The lowest BCUT2D eigenvalue weighted by Crippen LogP contribution is -2.44. The standard InChI is InChI=1S/C16H26N2O/c17-14-2-1-13(8-14)16(19)18-9-12-4-10-3-11(5-12)7-15(18)6-10/h10-15H,1-9,17H2. The molecule has 3 saturated carbocycles. The van der Waals surface area contributed by atoms with Crippen molar-refractivity contribution in [2.75, 3.05) is 6.54 Å². The molecule has 2 N–H and O–H groups in total. The largest absolute Gasteiger partial charge is 0.339 e. The lowest BCUT2D eigenvalue weighted by atomic mass is 9.68. The number of rotatable bonds is 1. The highest BCUT2D eigenvalue weighted by Gasteiger charge is 2.45. The zero-order valence-corrected chi connectivity index (χ0v) is 11.8. The Kier molecular flexibility index (Phi) is 2.87. The van der Waals surface area contributed by atoms with Gasteiger partial charge in [0.05, 0.1) is 0 Å². The molecule has 19 heavy (non-hydrogen) atoms. The summed E-state index contributed by atoms with van der Waals surface area (Å²) in [5.74, 6) is 3.34. The summed E-state index contributed by atoms with van der Waals surface area (Å²) in [6.45, 7) is 1.06. The Hall–Kier alpha value is -0.570. The van der Waals surface area contributed by atoms with Gasteiger partial charge in [-0.3, -0.25) is 4.79 Å². The Morgan fingerprint density at radius 1 is 0.895 bits per heavy atom. The second kappa shape index (κ2) is 4.47. The Morgan fingerprint density at radius 3 is 2.21 bits per heavy atom. The maximum atomic E-state index is 12.8. The molecule has 5 rings (SSSR count). The SMILES string of the molecule is NC1CCC(C(=O)N2CC3CC4CC(C3)CC2C4)C1. The maximum absolute atomic E-state index is 12.8. The third-order valence-electron chi connectivity index (χ3n) is 6.21. The van der Waals surface area contributed by atoms with Gasteiger partial charge in [0.1, 0.15) is 0 Å². The van der Waals surface area contributed by atoms with Crippen molar-refractivity contribution in [3.8, 4) is 0 Å². The van der Waals surface area contributed by atoms with Gasteiger partial charge in [0, 0.05) is 24.5 Å². The highest BCUT2D eigenvalue weighted by molar-refractivity contribution is 5.79. The van der Waals surface area contributed by atoms with Crippen molar-refractivity contribution in [2.45, 2.75) is 63.5 Å². The van der Waals surface area contributed by atoms with Crippen LogP contribution in [-0.4, -0.2) is 29.4 Å². The molecule has 2 saturated heterocycles. The van der Waals surface area contributed by atoms with Crippen LogP contribution in [0.4, 0.5) is 0 Å². The van der Waals surface area contributed by atoms with E-state index in [1.165, 1.54) is 32.1 Å². The van der Waals surface area contributed by atoms with Gasteiger partial charge < -0.3 is 10.6 Å². The second-order valence-electron chi connectivity index (χ2n) is 7.69. The minimum absolute atomic E-state index is 0.241. The topological polar surface area (TPSA) is 46.3 Å². The van der Waals surface area contributed by atoms with Crippen LogP contribution in [-0.2, 0) is 4.79 Å². The van der Waals surface area contributed by atoms with Gasteiger partial charge in [-0.2, -0.15) is 0 Å². The lowest BCUT2D eigenvalue weighted by molar-refractivity contribution is -0.138. The summed E-state index contributed by atoms with van der Waals surface area (Å²) in [6.07, 6.45) is 9.81. The van der Waals surface area contributed by atoms with Crippen LogP contribution in [0.2, 0.25) is 0 Å². The van der Waals surface area contributed by atoms with Gasteiger partial charge in [0.2, 0.25) is 5.91 Å². The third kappa shape index (κ3) is 2.10. The molecule has 0 aromatic heterocycles. The number of hydrogen-bond donors (Lipinski definition) is 1. The molecule has 5 fully saturated rings. The van der Waals surface area contributed by atoms with E-state index >= 15 is 0 Å². The van der Waals surface area contributed by atoms with Gasteiger partial charge in [-0.05, 0) is 69.1 Å². The molecule has 3 heteroatoms. The summed E-state index contributed by atoms with van der Waals surface area (Å²) in [4.78, 5) is 15.1. The van der Waals surface area contributed by atoms with Crippen molar-refractivity contribution in [2.24, 2.45) is 29.4 Å². The molecular formula is C16H26N2O. The molecule has 0 radical (unpaired) electrons. The Labute approximate surface area is 115 Å². The fourth-order valence-electron chi connectivity index (χ4n) is 5.53.